The van der Waals surface area contributed by atoms with Gasteiger partial charge in [-0.1, -0.05) is 12.1 Å². The molecule has 0 radical (unpaired) electrons. The smallest absolute Gasteiger partial charge is 0.203 e. The molecule has 0 N–H and O–H groups in total. The Kier molecular flexibility index (Phi) is 3.68. The molecule has 2 aromatic carbocycles. The normalized spacial score (nSPS) is 12.9. The lowest BCUT2D eigenvalue weighted by Gasteiger charge is -2.15. The molecule has 0 fully saturated rings. The highest BCUT2D eigenvalue weighted by molar-refractivity contribution is 5.95. The van der Waals surface area contributed by atoms with E-state index in [1.165, 1.54) is 27.6 Å². The van der Waals surface area contributed by atoms with Crippen LogP contribution in [0.15, 0.2) is 42.6 Å². The zero-order valence-electron chi connectivity index (χ0n) is 14.9. The van der Waals surface area contributed by atoms with Crippen LogP contribution in [0.4, 0.5) is 0 Å². The minimum Gasteiger partial charge on any atom is -0.493 e. The second-order valence-corrected chi connectivity index (χ2v) is 6.19. The van der Waals surface area contributed by atoms with Gasteiger partial charge in [-0.2, -0.15) is 0 Å². The first-order chi connectivity index (χ1) is 12.2. The maximum atomic E-state index is 5.50. The van der Waals surface area contributed by atoms with E-state index in [0.717, 1.165) is 12.0 Å². The molecule has 4 nitrogen and oxygen atoms in total. The van der Waals surface area contributed by atoms with Gasteiger partial charge in [0.1, 0.15) is 0 Å². The molecule has 1 aliphatic carbocycles. The van der Waals surface area contributed by atoms with E-state index in [2.05, 4.69) is 42.1 Å². The lowest BCUT2D eigenvalue weighted by molar-refractivity contribution is 0.324. The standard InChI is InChI=1S/C21H21NO3/c1-22-10-9-17-16-6-5-14(15(16)7-8-18(17)22)13-11-19(23-2)21(25-4)20(12-13)24-3/h5,7-12H,6H2,1-4H3. The van der Waals surface area contributed by atoms with E-state index in [1.807, 2.05) is 12.1 Å². The van der Waals surface area contributed by atoms with Crippen LogP contribution in [0.5, 0.6) is 17.2 Å². The summed E-state index contributed by atoms with van der Waals surface area (Å²) in [6.45, 7) is 0. The van der Waals surface area contributed by atoms with Crippen molar-refractivity contribution in [1.29, 1.82) is 0 Å². The first kappa shape index (κ1) is 15.6. The highest BCUT2D eigenvalue weighted by Crippen LogP contribution is 2.43. The summed E-state index contributed by atoms with van der Waals surface area (Å²) in [6, 6.07) is 10.6. The zero-order chi connectivity index (χ0) is 17.6. The molecule has 0 saturated heterocycles. The molecule has 0 spiro atoms. The number of hydrogen-bond donors (Lipinski definition) is 0. The van der Waals surface area contributed by atoms with Crippen molar-refractivity contribution in [1.82, 2.24) is 4.57 Å². The number of benzene rings is 2. The molecular weight excluding hydrogens is 314 g/mol. The molecule has 0 aliphatic heterocycles. The van der Waals surface area contributed by atoms with Crippen LogP contribution < -0.4 is 14.2 Å². The van der Waals surface area contributed by atoms with E-state index in [-0.39, 0.29) is 0 Å². The van der Waals surface area contributed by atoms with Gasteiger partial charge in [0.25, 0.3) is 0 Å². The van der Waals surface area contributed by atoms with E-state index in [0.29, 0.717) is 17.2 Å². The van der Waals surface area contributed by atoms with Crippen LogP contribution >= 0.6 is 0 Å². The summed E-state index contributed by atoms with van der Waals surface area (Å²) in [4.78, 5) is 0. The van der Waals surface area contributed by atoms with Crippen LogP contribution in [0.1, 0.15) is 16.7 Å². The molecule has 0 atom stereocenters. The average molecular weight is 335 g/mol. The average Bonchev–Trinajstić information content (AvgIpc) is 3.24. The van der Waals surface area contributed by atoms with Crippen molar-refractivity contribution in [3.8, 4) is 17.2 Å². The Bertz CT molecular complexity index is 973. The molecule has 0 saturated carbocycles. The minimum absolute atomic E-state index is 0.617. The lowest BCUT2D eigenvalue weighted by atomic mass is 9.97. The topological polar surface area (TPSA) is 32.6 Å². The van der Waals surface area contributed by atoms with Gasteiger partial charge in [0.2, 0.25) is 5.75 Å². The summed E-state index contributed by atoms with van der Waals surface area (Å²) in [5, 5.41) is 1.32. The maximum Gasteiger partial charge on any atom is 0.203 e. The first-order valence-electron chi connectivity index (χ1n) is 8.25. The molecule has 1 aliphatic rings. The summed E-state index contributed by atoms with van der Waals surface area (Å²) in [5.41, 5.74) is 6.19. The molecule has 3 aromatic rings. The Morgan fingerprint density at radius 3 is 2.28 bits per heavy atom. The summed E-state index contributed by atoms with van der Waals surface area (Å²) in [5.74, 6) is 1.96. The van der Waals surface area contributed by atoms with Gasteiger partial charge >= 0.3 is 0 Å². The zero-order valence-corrected chi connectivity index (χ0v) is 14.9. The Labute approximate surface area is 147 Å². The van der Waals surface area contributed by atoms with Gasteiger partial charge in [-0.3, -0.25) is 0 Å². The van der Waals surface area contributed by atoms with Crippen LogP contribution in [-0.4, -0.2) is 25.9 Å². The fourth-order valence-corrected chi connectivity index (χ4v) is 3.71. The van der Waals surface area contributed by atoms with Crippen molar-refractivity contribution in [3.63, 3.8) is 0 Å². The second-order valence-electron chi connectivity index (χ2n) is 6.19. The van der Waals surface area contributed by atoms with Crippen molar-refractivity contribution in [2.24, 2.45) is 7.05 Å². The van der Waals surface area contributed by atoms with Gasteiger partial charge in [-0.25, -0.2) is 0 Å². The van der Waals surface area contributed by atoms with Crippen molar-refractivity contribution >= 4 is 16.5 Å². The maximum absolute atomic E-state index is 5.50. The largest absolute Gasteiger partial charge is 0.493 e. The first-order valence-corrected chi connectivity index (χ1v) is 8.25. The van der Waals surface area contributed by atoms with Crippen molar-refractivity contribution in [3.05, 3.63) is 59.3 Å². The number of hydrogen-bond acceptors (Lipinski definition) is 3. The molecular formula is C21H21NO3. The molecule has 25 heavy (non-hydrogen) atoms. The molecule has 0 amide bonds. The SMILES string of the molecule is COc1cc(C2=CCc3c2ccc2c3ccn2C)cc(OC)c1OC. The fraction of sp³-hybridized carbons (Fsp3) is 0.238. The Hall–Kier alpha value is -2.88. The third-order valence-electron chi connectivity index (χ3n) is 4.96. The van der Waals surface area contributed by atoms with Gasteiger partial charge in [0.15, 0.2) is 11.5 Å². The number of ether oxygens (including phenoxy) is 3. The second kappa shape index (κ2) is 5.88. The van der Waals surface area contributed by atoms with Crippen LogP contribution in [0.2, 0.25) is 0 Å². The fourth-order valence-electron chi connectivity index (χ4n) is 3.71. The number of allylic oxidation sites excluding steroid dienone is 1. The van der Waals surface area contributed by atoms with E-state index in [1.54, 1.807) is 21.3 Å². The van der Waals surface area contributed by atoms with Gasteiger partial charge in [0.05, 0.1) is 21.3 Å². The summed E-state index contributed by atoms with van der Waals surface area (Å²) < 4.78 is 18.6. The van der Waals surface area contributed by atoms with Crippen molar-refractivity contribution in [2.75, 3.05) is 21.3 Å². The van der Waals surface area contributed by atoms with Crippen LogP contribution in [-0.2, 0) is 13.5 Å². The molecule has 4 rings (SSSR count). The predicted octanol–water partition coefficient (Wildman–Crippen LogP) is 4.19. The van der Waals surface area contributed by atoms with Crippen LogP contribution in [0.3, 0.4) is 0 Å². The highest BCUT2D eigenvalue weighted by atomic mass is 16.5. The van der Waals surface area contributed by atoms with E-state index in [9.17, 15) is 0 Å². The molecule has 128 valence electrons. The van der Waals surface area contributed by atoms with Gasteiger partial charge in [0, 0.05) is 24.1 Å². The number of rotatable bonds is 4. The van der Waals surface area contributed by atoms with E-state index >= 15 is 0 Å². The van der Waals surface area contributed by atoms with Crippen molar-refractivity contribution < 1.29 is 14.2 Å². The van der Waals surface area contributed by atoms with Crippen molar-refractivity contribution in [2.45, 2.75) is 6.42 Å². The number of nitrogens with zero attached hydrogens (tertiary/aromatic N) is 1. The highest BCUT2D eigenvalue weighted by Gasteiger charge is 2.22. The monoisotopic (exact) mass is 335 g/mol. The van der Waals surface area contributed by atoms with Gasteiger partial charge < -0.3 is 18.8 Å². The lowest BCUT2D eigenvalue weighted by Crippen LogP contribution is -1.97. The van der Waals surface area contributed by atoms with Gasteiger partial charge in [-0.05, 0) is 52.9 Å². The number of fused-ring (bicyclic) bond motifs is 3. The Morgan fingerprint density at radius 2 is 1.64 bits per heavy atom. The van der Waals surface area contributed by atoms with E-state index in [4.69, 9.17) is 14.2 Å². The van der Waals surface area contributed by atoms with Gasteiger partial charge in [-0.15, -0.1) is 0 Å². The molecule has 4 heteroatoms. The molecule has 0 unspecified atom stereocenters. The Balaban J connectivity index is 1.87. The van der Waals surface area contributed by atoms with Crippen LogP contribution in [0, 0.1) is 0 Å². The predicted molar refractivity (Wildman–Crippen MR) is 99.8 cm³/mol. The number of aryl methyl sites for hydroxylation is 1. The minimum atomic E-state index is 0.617. The summed E-state index contributed by atoms with van der Waals surface area (Å²) in [6.07, 6.45) is 5.32. The molecule has 0 bridgehead atoms. The third kappa shape index (κ3) is 2.29. The quantitative estimate of drug-likeness (QED) is 0.716. The molecule has 1 heterocycles. The number of methoxy groups -OCH3 is 3. The van der Waals surface area contributed by atoms with E-state index < -0.39 is 0 Å². The third-order valence-corrected chi connectivity index (χ3v) is 4.96. The Morgan fingerprint density at radius 1 is 0.920 bits per heavy atom. The number of aromatic nitrogens is 1. The summed E-state index contributed by atoms with van der Waals surface area (Å²) >= 11 is 0. The summed E-state index contributed by atoms with van der Waals surface area (Å²) in [7, 11) is 6.99. The van der Waals surface area contributed by atoms with Crippen LogP contribution in [0.25, 0.3) is 16.5 Å². The molecule has 1 aromatic heterocycles.